The van der Waals surface area contributed by atoms with Gasteiger partial charge in [-0.05, 0) is 94.0 Å². The molecule has 0 amide bonds. The van der Waals surface area contributed by atoms with Crippen molar-refractivity contribution in [3.8, 4) is 11.1 Å². The van der Waals surface area contributed by atoms with Crippen LogP contribution in [0.1, 0.15) is 0 Å². The molecule has 0 N–H and O–H groups in total. The third-order valence-electron chi connectivity index (χ3n) is 11.3. The average molecular weight is 728 g/mol. The molecule has 268 valence electrons. The normalized spacial score (nSPS) is 12.1. The molecule has 1 aliphatic rings. The summed E-state index contributed by atoms with van der Waals surface area (Å²) in [7, 11) is 0. The van der Waals surface area contributed by atoms with Crippen LogP contribution < -0.4 is 14.7 Å². The summed E-state index contributed by atoms with van der Waals surface area (Å²) in [5.41, 5.74) is 12.6. The standard InChI is InChI=1S/C54H37N3/c1-3-18-41(19-4-1)55(50-29-15-17-40-16-7-8-22-45(40)50)43-34-30-38(31-35-43)39-32-36-44(37-33-39)57-52-28-14-13-27-51(52)56(42-20-5-2-6-21-42)53-48-25-11-9-23-46(48)47-24-10-12-26-49(47)54(53)57/h1-37H. The first kappa shape index (κ1) is 32.8. The molecule has 0 aliphatic carbocycles. The Balaban J connectivity index is 1.03. The van der Waals surface area contributed by atoms with Gasteiger partial charge in [0.15, 0.2) is 0 Å². The monoisotopic (exact) mass is 727 g/mol. The Bertz CT molecular complexity index is 3060. The minimum absolute atomic E-state index is 1.11. The number of fused-ring (bicyclic) bond motifs is 8. The lowest BCUT2D eigenvalue weighted by Gasteiger charge is -2.42. The van der Waals surface area contributed by atoms with Crippen LogP contribution in [-0.4, -0.2) is 0 Å². The van der Waals surface area contributed by atoms with E-state index in [2.05, 4.69) is 239 Å². The van der Waals surface area contributed by atoms with Gasteiger partial charge in [0.2, 0.25) is 0 Å². The molecule has 0 bridgehead atoms. The number of hydrogen-bond donors (Lipinski definition) is 0. The van der Waals surface area contributed by atoms with Gasteiger partial charge in [-0.3, -0.25) is 0 Å². The van der Waals surface area contributed by atoms with E-state index >= 15 is 0 Å². The summed E-state index contributed by atoms with van der Waals surface area (Å²) in [4.78, 5) is 7.27. The van der Waals surface area contributed by atoms with E-state index in [0.717, 1.165) is 39.8 Å². The molecule has 10 aromatic rings. The van der Waals surface area contributed by atoms with Gasteiger partial charge in [-0.15, -0.1) is 0 Å². The fraction of sp³-hybridized carbons (Fsp3) is 0. The molecule has 10 aromatic carbocycles. The number of nitrogens with zero attached hydrogens (tertiary/aromatic N) is 3. The fourth-order valence-electron chi connectivity index (χ4n) is 8.77. The zero-order chi connectivity index (χ0) is 37.7. The van der Waals surface area contributed by atoms with Crippen molar-refractivity contribution in [2.75, 3.05) is 14.7 Å². The Hall–Kier alpha value is -7.62. The molecule has 0 atom stereocenters. The van der Waals surface area contributed by atoms with E-state index in [4.69, 9.17) is 0 Å². The fourth-order valence-corrected chi connectivity index (χ4v) is 8.77. The largest absolute Gasteiger partial charge is 0.310 e. The molecule has 0 saturated heterocycles. The molecule has 0 unspecified atom stereocenters. The Morgan fingerprint density at radius 3 is 1.30 bits per heavy atom. The molecule has 0 radical (unpaired) electrons. The highest BCUT2D eigenvalue weighted by molar-refractivity contribution is 6.25. The second-order valence-corrected chi connectivity index (χ2v) is 14.5. The second kappa shape index (κ2) is 13.6. The third-order valence-corrected chi connectivity index (χ3v) is 11.3. The van der Waals surface area contributed by atoms with Crippen molar-refractivity contribution in [3.63, 3.8) is 0 Å². The lowest BCUT2D eigenvalue weighted by molar-refractivity contribution is 1.19. The summed E-state index contributed by atoms with van der Waals surface area (Å²) in [6.07, 6.45) is 0. The summed E-state index contributed by atoms with van der Waals surface area (Å²) in [5, 5.41) is 7.37. The minimum atomic E-state index is 1.11. The van der Waals surface area contributed by atoms with Crippen LogP contribution in [0.25, 0.3) is 43.4 Å². The van der Waals surface area contributed by atoms with Gasteiger partial charge >= 0.3 is 0 Å². The van der Waals surface area contributed by atoms with Gasteiger partial charge < -0.3 is 14.7 Å². The SMILES string of the molecule is c1ccc(N(c2ccc(-c3ccc(N4c5ccccc5N(c5ccccc5)c5c4c4ccccc4c4ccccc54)cc3)cc2)c2cccc3ccccc23)cc1. The molecule has 0 spiro atoms. The smallest absolute Gasteiger partial charge is 0.0788 e. The summed E-state index contributed by atoms with van der Waals surface area (Å²) in [5.74, 6) is 0. The van der Waals surface area contributed by atoms with Crippen LogP contribution in [-0.2, 0) is 0 Å². The molecule has 1 aliphatic heterocycles. The summed E-state index contributed by atoms with van der Waals surface area (Å²) in [6, 6.07) is 81.1. The van der Waals surface area contributed by atoms with E-state index in [9.17, 15) is 0 Å². The van der Waals surface area contributed by atoms with Gasteiger partial charge in [-0.2, -0.15) is 0 Å². The minimum Gasteiger partial charge on any atom is -0.310 e. The average Bonchev–Trinajstić information content (AvgIpc) is 3.29. The van der Waals surface area contributed by atoms with E-state index in [1.165, 1.54) is 54.8 Å². The van der Waals surface area contributed by atoms with Crippen LogP contribution in [0, 0.1) is 0 Å². The topological polar surface area (TPSA) is 9.72 Å². The molecule has 11 rings (SSSR count). The van der Waals surface area contributed by atoms with Gasteiger partial charge in [-0.25, -0.2) is 0 Å². The van der Waals surface area contributed by atoms with Gasteiger partial charge in [0.25, 0.3) is 0 Å². The van der Waals surface area contributed by atoms with E-state index in [0.29, 0.717) is 0 Å². The maximum Gasteiger partial charge on any atom is 0.0788 e. The zero-order valence-electron chi connectivity index (χ0n) is 31.2. The number of anilines is 9. The van der Waals surface area contributed by atoms with Crippen molar-refractivity contribution in [3.05, 3.63) is 224 Å². The predicted molar refractivity (Wildman–Crippen MR) is 242 cm³/mol. The quantitative estimate of drug-likeness (QED) is 0.158. The van der Waals surface area contributed by atoms with Crippen molar-refractivity contribution in [1.82, 2.24) is 0 Å². The molecular formula is C54H37N3. The Labute approximate surface area is 332 Å². The third kappa shape index (κ3) is 5.43. The summed E-state index contributed by atoms with van der Waals surface area (Å²) in [6.45, 7) is 0. The molecule has 0 fully saturated rings. The highest BCUT2D eigenvalue weighted by Gasteiger charge is 2.33. The lowest BCUT2D eigenvalue weighted by Crippen LogP contribution is -2.24. The predicted octanol–water partition coefficient (Wildman–Crippen LogP) is 15.5. The van der Waals surface area contributed by atoms with Crippen LogP contribution in [0.3, 0.4) is 0 Å². The Kier molecular flexibility index (Phi) is 7.82. The van der Waals surface area contributed by atoms with E-state index < -0.39 is 0 Å². The molecule has 0 aromatic heterocycles. The highest BCUT2D eigenvalue weighted by Crippen LogP contribution is 2.59. The maximum atomic E-state index is 2.47. The Morgan fingerprint density at radius 2 is 0.702 bits per heavy atom. The molecule has 0 saturated carbocycles. The van der Waals surface area contributed by atoms with Gasteiger partial charge in [0.1, 0.15) is 0 Å². The van der Waals surface area contributed by atoms with Gasteiger partial charge in [0.05, 0.1) is 28.4 Å². The molecular weight excluding hydrogens is 691 g/mol. The maximum absolute atomic E-state index is 2.47. The van der Waals surface area contributed by atoms with E-state index in [-0.39, 0.29) is 0 Å². The first-order chi connectivity index (χ1) is 28.3. The molecule has 3 nitrogen and oxygen atoms in total. The van der Waals surface area contributed by atoms with Crippen LogP contribution >= 0.6 is 0 Å². The zero-order valence-corrected chi connectivity index (χ0v) is 31.2. The lowest BCUT2D eigenvalue weighted by atomic mass is 9.93. The summed E-state index contributed by atoms with van der Waals surface area (Å²) < 4.78 is 0. The van der Waals surface area contributed by atoms with Crippen molar-refractivity contribution < 1.29 is 0 Å². The van der Waals surface area contributed by atoms with Gasteiger partial charge in [-0.1, -0.05) is 158 Å². The first-order valence-electron chi connectivity index (χ1n) is 19.5. The van der Waals surface area contributed by atoms with Crippen LogP contribution in [0.2, 0.25) is 0 Å². The van der Waals surface area contributed by atoms with Gasteiger partial charge in [0, 0.05) is 38.9 Å². The van der Waals surface area contributed by atoms with E-state index in [1.54, 1.807) is 0 Å². The van der Waals surface area contributed by atoms with Crippen LogP contribution in [0.5, 0.6) is 0 Å². The van der Waals surface area contributed by atoms with Crippen LogP contribution in [0.4, 0.5) is 51.2 Å². The van der Waals surface area contributed by atoms with Crippen LogP contribution in [0.15, 0.2) is 224 Å². The molecule has 1 heterocycles. The number of benzene rings is 10. The van der Waals surface area contributed by atoms with Crippen molar-refractivity contribution in [2.24, 2.45) is 0 Å². The van der Waals surface area contributed by atoms with Crippen molar-refractivity contribution >= 4 is 83.5 Å². The number of hydrogen-bond acceptors (Lipinski definition) is 3. The van der Waals surface area contributed by atoms with E-state index in [1.807, 2.05) is 0 Å². The first-order valence-corrected chi connectivity index (χ1v) is 19.5. The Morgan fingerprint density at radius 1 is 0.281 bits per heavy atom. The number of rotatable bonds is 6. The highest BCUT2D eigenvalue weighted by atomic mass is 15.3. The molecule has 57 heavy (non-hydrogen) atoms. The van der Waals surface area contributed by atoms with Crippen molar-refractivity contribution in [1.29, 1.82) is 0 Å². The second-order valence-electron chi connectivity index (χ2n) is 14.5. The summed E-state index contributed by atoms with van der Waals surface area (Å²) >= 11 is 0. The van der Waals surface area contributed by atoms with Crippen molar-refractivity contribution in [2.45, 2.75) is 0 Å². The molecule has 3 heteroatoms. The number of para-hydroxylation sites is 4.